The van der Waals surface area contributed by atoms with Crippen LogP contribution in [-0.2, 0) is 37.8 Å². The largest absolute Gasteiger partial charge is 0.784 e. The van der Waals surface area contributed by atoms with Crippen molar-refractivity contribution in [3.05, 3.63) is 0 Å². The minimum atomic E-state index is -3.36. The minimum Gasteiger partial charge on any atom is -0.584 e. The van der Waals surface area contributed by atoms with Crippen molar-refractivity contribution in [1.29, 1.82) is 0 Å². The molecule has 2 aliphatic heterocycles. The zero-order chi connectivity index (χ0) is 31.1. The smallest absolute Gasteiger partial charge is 0.584 e. The van der Waals surface area contributed by atoms with Gasteiger partial charge in [-0.05, 0) is 32.1 Å². The molecule has 0 aromatic heterocycles. The highest BCUT2D eigenvalue weighted by molar-refractivity contribution is 7.75. The van der Waals surface area contributed by atoms with Gasteiger partial charge in [-0.15, -0.1) is 0 Å². The van der Waals surface area contributed by atoms with Gasteiger partial charge in [0, 0.05) is 7.26 Å². The van der Waals surface area contributed by atoms with Gasteiger partial charge in [0.05, 0.1) is 24.6 Å². The summed E-state index contributed by atoms with van der Waals surface area (Å²) >= 11 is 0. The van der Waals surface area contributed by atoms with Crippen molar-refractivity contribution in [1.82, 2.24) is 0 Å². The lowest BCUT2D eigenvalue weighted by atomic mass is 10.0. The number of unbranched alkanes of at least 4 members (excludes halogenated alkanes) is 14. The molecular formula is C32H60BO8P. The van der Waals surface area contributed by atoms with Crippen LogP contribution in [0.25, 0.3) is 0 Å². The lowest BCUT2D eigenvalue weighted by Crippen LogP contribution is -2.59. The monoisotopic (exact) mass is 614 g/mol. The molecule has 0 aromatic carbocycles. The van der Waals surface area contributed by atoms with Gasteiger partial charge in [0.2, 0.25) is 0 Å². The Labute approximate surface area is 256 Å². The number of hydrogen-bond donors (Lipinski definition) is 0. The molecule has 8 nitrogen and oxygen atoms in total. The molecule has 0 saturated carbocycles. The molecule has 0 N–H and O–H groups in total. The summed E-state index contributed by atoms with van der Waals surface area (Å²) < 4.78 is 17.7. The fourth-order valence-electron chi connectivity index (χ4n) is 5.63. The molecule has 0 radical (unpaired) electrons. The summed E-state index contributed by atoms with van der Waals surface area (Å²) in [6.07, 6.45) is 31.7. The summed E-state index contributed by atoms with van der Waals surface area (Å²) in [7, 11) is -0.626. The van der Waals surface area contributed by atoms with Crippen LogP contribution >= 0.6 is 7.26 Å². The maximum atomic E-state index is 10.9. The van der Waals surface area contributed by atoms with E-state index in [1.54, 1.807) is 31.1 Å². The van der Waals surface area contributed by atoms with Crippen LogP contribution < -0.4 is 0 Å². The second-order valence-electron chi connectivity index (χ2n) is 12.1. The van der Waals surface area contributed by atoms with Crippen molar-refractivity contribution < 1.29 is 37.8 Å². The van der Waals surface area contributed by atoms with E-state index in [1.807, 2.05) is 0 Å². The first-order valence-corrected chi connectivity index (χ1v) is 19.6. The number of carbonyl (C=O) groups is 4. The Morgan fingerprint density at radius 2 is 0.690 bits per heavy atom. The van der Waals surface area contributed by atoms with Gasteiger partial charge in [-0.2, -0.15) is 0 Å². The molecule has 0 bridgehead atoms. The number of rotatable bonds is 22. The Balaban J connectivity index is 0.000000488. The second kappa shape index (κ2) is 22.8. The molecule has 0 amide bonds. The summed E-state index contributed by atoms with van der Waals surface area (Å²) in [5, 5.41) is 0. The normalized spacial score (nSPS) is 16.3. The zero-order valence-electron chi connectivity index (χ0n) is 27.3. The van der Waals surface area contributed by atoms with E-state index in [1.165, 1.54) is 109 Å². The third kappa shape index (κ3) is 16.9. The van der Waals surface area contributed by atoms with E-state index in [0.717, 1.165) is 0 Å². The Kier molecular flexibility index (Phi) is 20.9. The Morgan fingerprint density at radius 3 is 1.00 bits per heavy atom. The van der Waals surface area contributed by atoms with E-state index in [9.17, 15) is 19.2 Å². The zero-order valence-corrected chi connectivity index (χ0v) is 28.2. The lowest BCUT2D eigenvalue weighted by molar-refractivity contribution is -0.177. The standard InChI is InChI=1S/C26H56P.C6H4BO8/c1-5-9-13-14-15-16-17-18-19-20-21-22-26-27(23-10-6-2,24-11-7-3)25-12-8-4;8-3-1-4(9)13-7(12-3)14-5(10)2-6(11)15-7/h5-26H2,1-4H3;1-2H2/q+1;-1. The van der Waals surface area contributed by atoms with Crippen molar-refractivity contribution >= 4 is 38.1 Å². The maximum Gasteiger partial charge on any atom is 0.784 e. The van der Waals surface area contributed by atoms with E-state index in [4.69, 9.17) is 0 Å². The quantitative estimate of drug-likeness (QED) is 0.0517. The molecule has 1 spiro atoms. The molecule has 2 aliphatic rings. The van der Waals surface area contributed by atoms with Gasteiger partial charge in [0.15, 0.2) is 0 Å². The van der Waals surface area contributed by atoms with Crippen LogP contribution in [0.1, 0.15) is 156 Å². The van der Waals surface area contributed by atoms with Crippen LogP contribution in [0.15, 0.2) is 0 Å². The highest BCUT2D eigenvalue weighted by atomic mass is 31.2. The summed E-state index contributed by atoms with van der Waals surface area (Å²) in [5.74, 6) is -3.91. The van der Waals surface area contributed by atoms with Crippen LogP contribution in [0.2, 0.25) is 0 Å². The van der Waals surface area contributed by atoms with Crippen molar-refractivity contribution in [3.63, 3.8) is 0 Å². The molecule has 0 atom stereocenters. The first-order chi connectivity index (χ1) is 20.2. The maximum absolute atomic E-state index is 10.9. The Morgan fingerprint density at radius 1 is 0.429 bits per heavy atom. The fourth-order valence-corrected chi connectivity index (χ4v) is 10.8. The minimum absolute atomic E-state index is 0.612. The predicted octanol–water partition coefficient (Wildman–Crippen LogP) is 8.51. The van der Waals surface area contributed by atoms with Gasteiger partial charge in [0.1, 0.15) is 12.8 Å². The third-order valence-electron chi connectivity index (χ3n) is 8.12. The van der Waals surface area contributed by atoms with E-state index >= 15 is 0 Å². The fraction of sp³-hybridized carbons (Fsp3) is 0.875. The number of hydrogen-bond acceptors (Lipinski definition) is 8. The second-order valence-corrected chi connectivity index (χ2v) is 16.5. The van der Waals surface area contributed by atoms with Gasteiger partial charge >= 0.3 is 6.96 Å². The van der Waals surface area contributed by atoms with Gasteiger partial charge < -0.3 is 18.6 Å². The van der Waals surface area contributed by atoms with Gasteiger partial charge in [-0.25, -0.2) is 0 Å². The molecule has 244 valence electrons. The van der Waals surface area contributed by atoms with Crippen LogP contribution in [0.4, 0.5) is 0 Å². The first-order valence-electron chi connectivity index (χ1n) is 17.1. The molecule has 2 fully saturated rings. The predicted molar refractivity (Wildman–Crippen MR) is 172 cm³/mol. The molecule has 0 aliphatic carbocycles. The molecule has 42 heavy (non-hydrogen) atoms. The number of carbonyl (C=O) groups excluding carboxylic acids is 4. The van der Waals surface area contributed by atoms with Crippen LogP contribution in [0.3, 0.4) is 0 Å². The first kappa shape index (κ1) is 38.4. The highest BCUT2D eigenvalue weighted by Gasteiger charge is 2.53. The highest BCUT2D eigenvalue weighted by Crippen LogP contribution is 2.61. The van der Waals surface area contributed by atoms with E-state index in [2.05, 4.69) is 46.3 Å². The molecule has 0 aromatic rings. The average Bonchev–Trinajstić information content (AvgIpc) is 2.93. The summed E-state index contributed by atoms with van der Waals surface area (Å²) in [5.41, 5.74) is 0. The van der Waals surface area contributed by atoms with Gasteiger partial charge in [-0.1, -0.05) is 111 Å². The van der Waals surface area contributed by atoms with Crippen molar-refractivity contribution in [2.75, 3.05) is 24.6 Å². The molecule has 2 heterocycles. The van der Waals surface area contributed by atoms with Crippen LogP contribution in [0.5, 0.6) is 0 Å². The van der Waals surface area contributed by atoms with Crippen molar-refractivity contribution in [3.8, 4) is 0 Å². The SMILES string of the molecule is CCCCCCCCCCCCCC[P+](CCCC)(CCCC)CCCC.O=C1CC(=O)O[B-]2(O1)OC(=O)CC(=O)O2. The average molecular weight is 615 g/mol. The van der Waals surface area contributed by atoms with E-state index in [-0.39, 0.29) is 0 Å². The third-order valence-corrected chi connectivity index (χ3v) is 13.2. The molecule has 2 rings (SSSR count). The summed E-state index contributed by atoms with van der Waals surface area (Å²) in [6, 6.07) is 0. The molecular weight excluding hydrogens is 554 g/mol. The van der Waals surface area contributed by atoms with Gasteiger partial charge in [-0.3, -0.25) is 19.2 Å². The van der Waals surface area contributed by atoms with Crippen LogP contribution in [0, 0.1) is 0 Å². The van der Waals surface area contributed by atoms with E-state index in [0.29, 0.717) is 0 Å². The Bertz CT molecular complexity index is 697. The van der Waals surface area contributed by atoms with Crippen LogP contribution in [-0.4, -0.2) is 55.5 Å². The van der Waals surface area contributed by atoms with Gasteiger partial charge in [0.25, 0.3) is 23.9 Å². The van der Waals surface area contributed by atoms with Crippen molar-refractivity contribution in [2.45, 2.75) is 156 Å². The molecule has 2 saturated heterocycles. The molecule has 0 unspecified atom stereocenters. The summed E-state index contributed by atoms with van der Waals surface area (Å²) in [4.78, 5) is 43.5. The Hall–Kier alpha value is -1.63. The topological polar surface area (TPSA) is 105 Å². The molecule has 10 heteroatoms. The lowest BCUT2D eigenvalue weighted by Gasteiger charge is -2.42. The van der Waals surface area contributed by atoms with Crippen molar-refractivity contribution in [2.24, 2.45) is 0 Å². The van der Waals surface area contributed by atoms with E-state index < -0.39 is 50.9 Å². The summed E-state index contributed by atoms with van der Waals surface area (Å²) in [6.45, 7) is 6.11.